The van der Waals surface area contributed by atoms with E-state index in [-0.39, 0.29) is 6.04 Å². The van der Waals surface area contributed by atoms with E-state index in [0.717, 1.165) is 34.2 Å². The minimum absolute atomic E-state index is 0.126. The molecule has 0 saturated heterocycles. The van der Waals surface area contributed by atoms with Crippen molar-refractivity contribution >= 4 is 27.5 Å². The lowest BCUT2D eigenvalue weighted by Gasteiger charge is -2.15. The number of rotatable bonds is 5. The summed E-state index contributed by atoms with van der Waals surface area (Å²) in [6.07, 6.45) is 1.71. The van der Waals surface area contributed by atoms with Crippen LogP contribution in [-0.2, 0) is 6.42 Å². The highest BCUT2D eigenvalue weighted by atomic mass is 79.9. The molecule has 0 bridgehead atoms. The Bertz CT molecular complexity index is 630. The molecule has 4 heteroatoms. The molecule has 21 heavy (non-hydrogen) atoms. The molecule has 0 aromatic heterocycles. The zero-order valence-corrected chi connectivity index (χ0v) is 14.5. The van der Waals surface area contributed by atoms with Gasteiger partial charge in [-0.3, -0.25) is 0 Å². The highest BCUT2D eigenvalue weighted by Crippen LogP contribution is 2.34. The second-order valence-electron chi connectivity index (χ2n) is 5.16. The van der Waals surface area contributed by atoms with Gasteiger partial charge < -0.3 is 10.5 Å². The number of benzene rings is 2. The first kappa shape index (κ1) is 16.3. The second-order valence-corrected chi connectivity index (χ2v) is 6.48. The van der Waals surface area contributed by atoms with Gasteiger partial charge in [0.15, 0.2) is 0 Å². The fraction of sp³-hybridized carbons (Fsp3) is 0.294. The van der Waals surface area contributed by atoms with Crippen molar-refractivity contribution < 1.29 is 4.74 Å². The predicted octanol–water partition coefficient (Wildman–Crippen LogP) is 5.48. The first-order valence-electron chi connectivity index (χ1n) is 6.97. The van der Waals surface area contributed by atoms with Gasteiger partial charge in [0.1, 0.15) is 11.5 Å². The zero-order valence-electron chi connectivity index (χ0n) is 12.2. The maximum atomic E-state index is 6.21. The van der Waals surface area contributed by atoms with Crippen LogP contribution in [0.15, 0.2) is 40.9 Å². The van der Waals surface area contributed by atoms with Crippen molar-refractivity contribution in [3.63, 3.8) is 0 Å². The van der Waals surface area contributed by atoms with E-state index < -0.39 is 0 Å². The molecular weight excluding hydrogens is 350 g/mol. The maximum absolute atomic E-state index is 6.21. The minimum atomic E-state index is 0.126. The molecule has 2 nitrogen and oxygen atoms in total. The summed E-state index contributed by atoms with van der Waals surface area (Å²) in [6, 6.07) is 11.9. The van der Waals surface area contributed by atoms with Crippen molar-refractivity contribution in [2.24, 2.45) is 5.73 Å². The molecular formula is C17H19BrClNO. The second kappa shape index (κ2) is 7.30. The van der Waals surface area contributed by atoms with Gasteiger partial charge in [-0.05, 0) is 55.2 Å². The molecule has 2 aromatic carbocycles. The lowest BCUT2D eigenvalue weighted by molar-refractivity contribution is 0.471. The summed E-state index contributed by atoms with van der Waals surface area (Å²) in [5, 5.41) is 0.603. The Morgan fingerprint density at radius 2 is 1.95 bits per heavy atom. The number of ether oxygens (including phenoxy) is 1. The standard InChI is InChI=1S/C17H19BrClNO/c1-3-14(20)9-12-5-6-13(18)10-16(12)21-17-8-11(2)4-7-15(17)19/h4-8,10,14H,3,9,20H2,1-2H3. The van der Waals surface area contributed by atoms with Gasteiger partial charge >= 0.3 is 0 Å². The minimum Gasteiger partial charge on any atom is -0.455 e. The number of aryl methyl sites for hydroxylation is 1. The van der Waals surface area contributed by atoms with Crippen LogP contribution in [-0.4, -0.2) is 6.04 Å². The third kappa shape index (κ3) is 4.47. The summed E-state index contributed by atoms with van der Waals surface area (Å²) >= 11 is 9.69. The lowest BCUT2D eigenvalue weighted by atomic mass is 10.0. The van der Waals surface area contributed by atoms with E-state index in [9.17, 15) is 0 Å². The van der Waals surface area contributed by atoms with Crippen LogP contribution in [0.25, 0.3) is 0 Å². The van der Waals surface area contributed by atoms with Crippen LogP contribution in [0.3, 0.4) is 0 Å². The molecule has 112 valence electrons. The molecule has 2 rings (SSSR count). The number of hydrogen-bond donors (Lipinski definition) is 1. The number of halogens is 2. The van der Waals surface area contributed by atoms with E-state index in [1.165, 1.54) is 0 Å². The maximum Gasteiger partial charge on any atom is 0.146 e. The van der Waals surface area contributed by atoms with Gasteiger partial charge in [-0.2, -0.15) is 0 Å². The Morgan fingerprint density at radius 3 is 2.67 bits per heavy atom. The van der Waals surface area contributed by atoms with Crippen LogP contribution in [0.4, 0.5) is 0 Å². The topological polar surface area (TPSA) is 35.2 Å². The first-order chi connectivity index (χ1) is 9.99. The van der Waals surface area contributed by atoms with Crippen LogP contribution >= 0.6 is 27.5 Å². The SMILES string of the molecule is CCC(N)Cc1ccc(Br)cc1Oc1cc(C)ccc1Cl. The molecule has 0 fully saturated rings. The molecule has 2 N–H and O–H groups in total. The van der Waals surface area contributed by atoms with Gasteiger partial charge in [-0.25, -0.2) is 0 Å². The van der Waals surface area contributed by atoms with Crippen molar-refractivity contribution in [2.75, 3.05) is 0 Å². The Hall–Kier alpha value is -1.03. The van der Waals surface area contributed by atoms with E-state index in [0.29, 0.717) is 10.8 Å². The zero-order chi connectivity index (χ0) is 15.4. The van der Waals surface area contributed by atoms with Crippen molar-refractivity contribution in [3.8, 4) is 11.5 Å². The van der Waals surface area contributed by atoms with Crippen LogP contribution in [0, 0.1) is 6.92 Å². The van der Waals surface area contributed by atoms with E-state index in [2.05, 4.69) is 22.9 Å². The Labute approximate surface area is 139 Å². The largest absolute Gasteiger partial charge is 0.455 e. The Balaban J connectivity index is 2.33. The normalized spacial score (nSPS) is 12.2. The average molecular weight is 369 g/mol. The fourth-order valence-electron chi connectivity index (χ4n) is 2.03. The molecule has 1 unspecified atom stereocenters. The lowest BCUT2D eigenvalue weighted by Crippen LogP contribution is -2.21. The third-order valence-corrected chi connectivity index (χ3v) is 4.15. The predicted molar refractivity (Wildman–Crippen MR) is 92.4 cm³/mol. The smallest absolute Gasteiger partial charge is 0.146 e. The quantitative estimate of drug-likeness (QED) is 0.758. The Morgan fingerprint density at radius 1 is 1.19 bits per heavy atom. The van der Waals surface area contributed by atoms with E-state index >= 15 is 0 Å². The van der Waals surface area contributed by atoms with Gasteiger partial charge in [0.05, 0.1) is 5.02 Å². The molecule has 0 amide bonds. The first-order valence-corrected chi connectivity index (χ1v) is 8.14. The van der Waals surface area contributed by atoms with Crippen molar-refractivity contribution in [1.82, 2.24) is 0 Å². The third-order valence-electron chi connectivity index (χ3n) is 3.34. The van der Waals surface area contributed by atoms with Crippen molar-refractivity contribution in [1.29, 1.82) is 0 Å². The van der Waals surface area contributed by atoms with Crippen LogP contribution in [0.2, 0.25) is 5.02 Å². The molecule has 0 aliphatic carbocycles. The van der Waals surface area contributed by atoms with E-state index in [1.807, 2.05) is 43.3 Å². The van der Waals surface area contributed by atoms with Crippen LogP contribution in [0.1, 0.15) is 24.5 Å². The molecule has 0 radical (unpaired) electrons. The van der Waals surface area contributed by atoms with Crippen LogP contribution < -0.4 is 10.5 Å². The van der Waals surface area contributed by atoms with E-state index in [4.69, 9.17) is 22.1 Å². The number of hydrogen-bond acceptors (Lipinski definition) is 2. The average Bonchev–Trinajstić information content (AvgIpc) is 2.45. The van der Waals surface area contributed by atoms with Crippen LogP contribution in [0.5, 0.6) is 11.5 Å². The summed E-state index contributed by atoms with van der Waals surface area (Å²) in [5.41, 5.74) is 8.26. The molecule has 0 saturated carbocycles. The molecule has 0 heterocycles. The van der Waals surface area contributed by atoms with E-state index in [1.54, 1.807) is 0 Å². The summed E-state index contributed by atoms with van der Waals surface area (Å²) < 4.78 is 7.00. The number of nitrogens with two attached hydrogens (primary N) is 1. The summed E-state index contributed by atoms with van der Waals surface area (Å²) in [5.74, 6) is 1.46. The van der Waals surface area contributed by atoms with Gasteiger partial charge in [-0.1, -0.05) is 46.6 Å². The fourth-order valence-corrected chi connectivity index (χ4v) is 2.52. The van der Waals surface area contributed by atoms with Gasteiger partial charge in [0.2, 0.25) is 0 Å². The van der Waals surface area contributed by atoms with Crippen molar-refractivity contribution in [2.45, 2.75) is 32.7 Å². The van der Waals surface area contributed by atoms with Crippen molar-refractivity contribution in [3.05, 3.63) is 57.0 Å². The summed E-state index contributed by atoms with van der Waals surface area (Å²) in [6.45, 7) is 4.10. The molecule has 0 aliphatic rings. The molecule has 0 spiro atoms. The Kier molecular flexibility index (Phi) is 5.68. The van der Waals surface area contributed by atoms with Gasteiger partial charge in [0.25, 0.3) is 0 Å². The van der Waals surface area contributed by atoms with Gasteiger partial charge in [-0.15, -0.1) is 0 Å². The van der Waals surface area contributed by atoms with Gasteiger partial charge in [0, 0.05) is 10.5 Å². The molecule has 0 aliphatic heterocycles. The highest BCUT2D eigenvalue weighted by molar-refractivity contribution is 9.10. The summed E-state index contributed by atoms with van der Waals surface area (Å²) in [7, 11) is 0. The monoisotopic (exact) mass is 367 g/mol. The summed E-state index contributed by atoms with van der Waals surface area (Å²) in [4.78, 5) is 0. The molecule has 2 aromatic rings. The molecule has 1 atom stereocenters. The highest BCUT2D eigenvalue weighted by Gasteiger charge is 2.11.